The Labute approximate surface area is 148 Å². The number of carbonyl (C=O) groups is 3. The number of carbonyl (C=O) groups excluding carboxylic acids is 3. The van der Waals surface area contributed by atoms with Crippen LogP contribution in [0.15, 0.2) is 18.2 Å². The highest BCUT2D eigenvalue weighted by atomic mass is 16.5. The van der Waals surface area contributed by atoms with Crippen molar-refractivity contribution < 1.29 is 23.9 Å². The number of rotatable bonds is 8. The van der Waals surface area contributed by atoms with E-state index in [1.165, 1.54) is 7.11 Å². The molecule has 0 atom stereocenters. The highest BCUT2D eigenvalue weighted by molar-refractivity contribution is 5.96. The van der Waals surface area contributed by atoms with Gasteiger partial charge in [0.15, 0.2) is 0 Å². The Balaban J connectivity index is 2.80. The predicted molar refractivity (Wildman–Crippen MR) is 94.5 cm³/mol. The molecule has 0 aliphatic heterocycles. The van der Waals surface area contributed by atoms with E-state index in [1.807, 2.05) is 20.8 Å². The molecule has 0 fully saturated rings. The van der Waals surface area contributed by atoms with Crippen LogP contribution in [0, 0.1) is 6.92 Å². The molecule has 138 valence electrons. The Hall–Kier alpha value is -2.41. The van der Waals surface area contributed by atoms with Gasteiger partial charge in [0.25, 0.3) is 0 Å². The number of amides is 1. The quantitative estimate of drug-likeness (QED) is 0.722. The first-order valence-electron chi connectivity index (χ1n) is 8.17. The van der Waals surface area contributed by atoms with E-state index < -0.39 is 5.97 Å². The van der Waals surface area contributed by atoms with Crippen LogP contribution in [0.25, 0.3) is 0 Å². The molecule has 0 aromatic heterocycles. The Morgan fingerprint density at radius 2 is 1.88 bits per heavy atom. The van der Waals surface area contributed by atoms with E-state index in [0.717, 1.165) is 5.56 Å². The summed E-state index contributed by atoms with van der Waals surface area (Å²) in [6.07, 6.45) is 0. The molecule has 25 heavy (non-hydrogen) atoms. The van der Waals surface area contributed by atoms with Crippen molar-refractivity contribution >= 4 is 23.5 Å². The lowest BCUT2D eigenvalue weighted by Crippen LogP contribution is -2.41. The number of ether oxygens (including phenoxy) is 2. The van der Waals surface area contributed by atoms with Gasteiger partial charge in [0.2, 0.25) is 5.91 Å². The van der Waals surface area contributed by atoms with Gasteiger partial charge < -0.3 is 14.8 Å². The topological polar surface area (TPSA) is 84.9 Å². The SMILES string of the molecule is CCOC(=O)CN(CC(=O)Nc1cc(C(=O)OC)ccc1C)C(C)C. The van der Waals surface area contributed by atoms with Crippen molar-refractivity contribution in [2.45, 2.75) is 33.7 Å². The summed E-state index contributed by atoms with van der Waals surface area (Å²) in [4.78, 5) is 37.3. The normalized spacial score (nSPS) is 10.7. The minimum atomic E-state index is -0.471. The predicted octanol–water partition coefficient (Wildman–Crippen LogP) is 1.99. The first-order chi connectivity index (χ1) is 11.8. The van der Waals surface area contributed by atoms with Crippen LogP contribution < -0.4 is 5.32 Å². The fraction of sp³-hybridized carbons (Fsp3) is 0.500. The summed E-state index contributed by atoms with van der Waals surface area (Å²) in [6, 6.07) is 4.95. The maximum Gasteiger partial charge on any atom is 0.337 e. The molecule has 0 saturated heterocycles. The average molecular weight is 350 g/mol. The lowest BCUT2D eigenvalue weighted by atomic mass is 10.1. The standard InChI is InChI=1S/C18H26N2O5/c1-6-25-17(22)11-20(12(2)3)10-16(21)19-15-9-14(18(23)24-5)8-7-13(15)4/h7-9,12H,6,10-11H2,1-5H3,(H,19,21). The van der Waals surface area contributed by atoms with Crippen LogP contribution in [0.3, 0.4) is 0 Å². The second-order valence-corrected chi connectivity index (χ2v) is 5.87. The van der Waals surface area contributed by atoms with Crippen molar-refractivity contribution in [3.05, 3.63) is 29.3 Å². The molecular formula is C18H26N2O5. The molecule has 1 aromatic rings. The minimum Gasteiger partial charge on any atom is -0.465 e. The molecule has 1 rings (SSSR count). The second kappa shape index (κ2) is 9.78. The smallest absolute Gasteiger partial charge is 0.337 e. The molecule has 1 N–H and O–H groups in total. The number of nitrogens with zero attached hydrogens (tertiary/aromatic N) is 1. The molecular weight excluding hydrogens is 324 g/mol. The van der Waals surface area contributed by atoms with Crippen molar-refractivity contribution in [1.29, 1.82) is 0 Å². The van der Waals surface area contributed by atoms with Crippen LogP contribution in [0.5, 0.6) is 0 Å². The number of benzene rings is 1. The number of aryl methyl sites for hydroxylation is 1. The Morgan fingerprint density at radius 1 is 1.20 bits per heavy atom. The van der Waals surface area contributed by atoms with Gasteiger partial charge in [0, 0.05) is 11.7 Å². The van der Waals surface area contributed by atoms with E-state index in [1.54, 1.807) is 30.0 Å². The fourth-order valence-corrected chi connectivity index (χ4v) is 2.17. The first-order valence-corrected chi connectivity index (χ1v) is 8.17. The maximum atomic E-state index is 12.3. The maximum absolute atomic E-state index is 12.3. The molecule has 0 heterocycles. The summed E-state index contributed by atoms with van der Waals surface area (Å²) in [6.45, 7) is 7.75. The molecule has 0 bridgehead atoms. The number of anilines is 1. The van der Waals surface area contributed by atoms with Crippen LogP contribution in [0.1, 0.15) is 36.7 Å². The molecule has 1 amide bonds. The van der Waals surface area contributed by atoms with Crippen LogP contribution in [-0.4, -0.2) is 55.6 Å². The molecule has 0 spiro atoms. The number of methoxy groups -OCH3 is 1. The van der Waals surface area contributed by atoms with Gasteiger partial charge in [-0.3, -0.25) is 14.5 Å². The van der Waals surface area contributed by atoms with Crippen LogP contribution in [-0.2, 0) is 19.1 Å². The lowest BCUT2D eigenvalue weighted by Gasteiger charge is -2.24. The van der Waals surface area contributed by atoms with Crippen molar-refractivity contribution in [1.82, 2.24) is 4.90 Å². The van der Waals surface area contributed by atoms with Gasteiger partial charge in [0.05, 0.1) is 32.4 Å². The van der Waals surface area contributed by atoms with E-state index in [9.17, 15) is 14.4 Å². The summed E-state index contributed by atoms with van der Waals surface area (Å²) >= 11 is 0. The molecule has 7 nitrogen and oxygen atoms in total. The third kappa shape index (κ3) is 6.54. The van der Waals surface area contributed by atoms with Gasteiger partial charge in [-0.1, -0.05) is 6.07 Å². The van der Waals surface area contributed by atoms with E-state index in [0.29, 0.717) is 17.9 Å². The largest absolute Gasteiger partial charge is 0.465 e. The number of esters is 2. The first kappa shape index (κ1) is 20.6. The van der Waals surface area contributed by atoms with Gasteiger partial charge in [-0.15, -0.1) is 0 Å². The third-order valence-corrected chi connectivity index (χ3v) is 3.65. The van der Waals surface area contributed by atoms with Crippen LogP contribution in [0.4, 0.5) is 5.69 Å². The van der Waals surface area contributed by atoms with E-state index in [2.05, 4.69) is 10.1 Å². The summed E-state index contributed by atoms with van der Waals surface area (Å²) in [5, 5.41) is 2.78. The summed E-state index contributed by atoms with van der Waals surface area (Å²) in [5.41, 5.74) is 1.71. The minimum absolute atomic E-state index is 0.00217. The zero-order valence-corrected chi connectivity index (χ0v) is 15.4. The highest BCUT2D eigenvalue weighted by Gasteiger charge is 2.19. The number of hydrogen-bond acceptors (Lipinski definition) is 6. The van der Waals surface area contributed by atoms with Crippen molar-refractivity contribution in [3.63, 3.8) is 0 Å². The monoisotopic (exact) mass is 350 g/mol. The molecule has 0 unspecified atom stereocenters. The summed E-state index contributed by atoms with van der Waals surface area (Å²) in [7, 11) is 1.30. The Morgan fingerprint density at radius 3 is 2.44 bits per heavy atom. The van der Waals surface area contributed by atoms with Crippen molar-refractivity contribution in [2.24, 2.45) is 0 Å². The van der Waals surface area contributed by atoms with Crippen LogP contribution in [0.2, 0.25) is 0 Å². The van der Waals surface area contributed by atoms with Crippen LogP contribution >= 0.6 is 0 Å². The van der Waals surface area contributed by atoms with Crippen molar-refractivity contribution in [3.8, 4) is 0 Å². The number of hydrogen-bond donors (Lipinski definition) is 1. The molecule has 0 saturated carbocycles. The zero-order chi connectivity index (χ0) is 19.0. The average Bonchev–Trinajstić information content (AvgIpc) is 2.55. The van der Waals surface area contributed by atoms with E-state index in [-0.39, 0.29) is 31.0 Å². The molecule has 0 radical (unpaired) electrons. The Kier molecular flexibility index (Phi) is 8.07. The fourth-order valence-electron chi connectivity index (χ4n) is 2.17. The van der Waals surface area contributed by atoms with Gasteiger partial charge in [-0.05, 0) is 45.4 Å². The molecule has 0 aliphatic carbocycles. The van der Waals surface area contributed by atoms with Gasteiger partial charge >= 0.3 is 11.9 Å². The summed E-state index contributed by atoms with van der Waals surface area (Å²) in [5.74, 6) is -1.11. The highest BCUT2D eigenvalue weighted by Crippen LogP contribution is 2.17. The third-order valence-electron chi connectivity index (χ3n) is 3.65. The summed E-state index contributed by atoms with van der Waals surface area (Å²) < 4.78 is 9.62. The van der Waals surface area contributed by atoms with E-state index in [4.69, 9.17) is 4.74 Å². The van der Waals surface area contributed by atoms with E-state index >= 15 is 0 Å². The number of nitrogens with one attached hydrogen (secondary N) is 1. The van der Waals surface area contributed by atoms with Gasteiger partial charge in [0.1, 0.15) is 0 Å². The lowest BCUT2D eigenvalue weighted by molar-refractivity contribution is -0.145. The molecule has 7 heteroatoms. The zero-order valence-electron chi connectivity index (χ0n) is 15.4. The Bertz CT molecular complexity index is 628. The molecule has 1 aromatic carbocycles. The molecule has 0 aliphatic rings. The van der Waals surface area contributed by atoms with Crippen molar-refractivity contribution in [2.75, 3.05) is 32.1 Å². The second-order valence-electron chi connectivity index (χ2n) is 5.87. The van der Waals surface area contributed by atoms with Gasteiger partial charge in [-0.25, -0.2) is 4.79 Å². The van der Waals surface area contributed by atoms with Gasteiger partial charge in [-0.2, -0.15) is 0 Å².